The molecule has 140 valence electrons. The highest BCUT2D eigenvalue weighted by atomic mass is 32.2. The summed E-state index contributed by atoms with van der Waals surface area (Å²) >= 11 is 0. The standard InChI is InChI=1S/C19H18N2O5S/c1-14-7-8-17(27(23,24)21-12-16-6-4-10-25-16)11-18(14)19(22)26-13-15-5-2-3-9-20-15/h2-11,21H,12-13H2,1H3. The number of hydrogen-bond donors (Lipinski definition) is 1. The van der Waals surface area contributed by atoms with E-state index in [1.165, 1.54) is 18.4 Å². The molecule has 0 amide bonds. The van der Waals surface area contributed by atoms with E-state index in [-0.39, 0.29) is 23.6 Å². The van der Waals surface area contributed by atoms with Gasteiger partial charge in [-0.15, -0.1) is 0 Å². The van der Waals surface area contributed by atoms with E-state index in [0.717, 1.165) is 0 Å². The van der Waals surface area contributed by atoms with Crippen LogP contribution in [-0.2, 0) is 27.9 Å². The Morgan fingerprint density at radius 2 is 2.04 bits per heavy atom. The molecule has 0 aliphatic heterocycles. The average Bonchev–Trinajstić information content (AvgIpc) is 3.19. The van der Waals surface area contributed by atoms with Gasteiger partial charge in [-0.25, -0.2) is 17.9 Å². The summed E-state index contributed by atoms with van der Waals surface area (Å²) in [6.07, 6.45) is 3.07. The maximum Gasteiger partial charge on any atom is 0.338 e. The summed E-state index contributed by atoms with van der Waals surface area (Å²) < 4.78 is 37.8. The fraction of sp³-hybridized carbons (Fsp3) is 0.158. The Bertz CT molecular complexity index is 1020. The van der Waals surface area contributed by atoms with E-state index in [1.807, 2.05) is 0 Å². The number of esters is 1. The van der Waals surface area contributed by atoms with Crippen molar-refractivity contribution in [1.82, 2.24) is 9.71 Å². The molecule has 0 aliphatic rings. The van der Waals surface area contributed by atoms with Crippen LogP contribution in [-0.4, -0.2) is 19.4 Å². The molecule has 0 radical (unpaired) electrons. The normalized spacial score (nSPS) is 11.3. The summed E-state index contributed by atoms with van der Waals surface area (Å²) in [7, 11) is -3.81. The van der Waals surface area contributed by atoms with Gasteiger partial charge in [0.15, 0.2) is 0 Å². The second-order valence-electron chi connectivity index (χ2n) is 5.78. The summed E-state index contributed by atoms with van der Waals surface area (Å²) in [5, 5.41) is 0. The van der Waals surface area contributed by atoms with Gasteiger partial charge in [-0.3, -0.25) is 4.98 Å². The average molecular weight is 386 g/mol. The fourth-order valence-corrected chi connectivity index (χ4v) is 3.37. The van der Waals surface area contributed by atoms with E-state index in [2.05, 4.69) is 9.71 Å². The van der Waals surface area contributed by atoms with Crippen molar-refractivity contribution < 1.29 is 22.4 Å². The van der Waals surface area contributed by atoms with Crippen LogP contribution in [0.5, 0.6) is 0 Å². The van der Waals surface area contributed by atoms with Crippen molar-refractivity contribution in [2.75, 3.05) is 0 Å². The van der Waals surface area contributed by atoms with Gasteiger partial charge in [0.2, 0.25) is 10.0 Å². The molecule has 0 bridgehead atoms. The van der Waals surface area contributed by atoms with Crippen LogP contribution in [0.15, 0.2) is 70.3 Å². The largest absolute Gasteiger partial charge is 0.468 e. The minimum absolute atomic E-state index is 0.00678. The predicted octanol–water partition coefficient (Wildman–Crippen LogP) is 2.82. The van der Waals surface area contributed by atoms with Gasteiger partial charge in [-0.2, -0.15) is 0 Å². The maximum absolute atomic E-state index is 12.5. The molecule has 0 saturated heterocycles. The number of aryl methyl sites for hydroxylation is 1. The van der Waals surface area contributed by atoms with Crippen LogP contribution >= 0.6 is 0 Å². The Balaban J connectivity index is 1.73. The first-order chi connectivity index (χ1) is 13.0. The molecule has 3 rings (SSSR count). The zero-order valence-corrected chi connectivity index (χ0v) is 15.4. The Labute approximate surface area is 157 Å². The molecule has 0 unspecified atom stereocenters. The van der Waals surface area contributed by atoms with Crippen molar-refractivity contribution in [3.8, 4) is 0 Å². The van der Waals surface area contributed by atoms with E-state index in [4.69, 9.17) is 9.15 Å². The first-order valence-corrected chi connectivity index (χ1v) is 9.64. The van der Waals surface area contributed by atoms with Crippen LogP contribution in [0.1, 0.15) is 27.4 Å². The van der Waals surface area contributed by atoms with E-state index < -0.39 is 16.0 Å². The van der Waals surface area contributed by atoms with Gasteiger partial charge >= 0.3 is 5.97 Å². The molecule has 7 nitrogen and oxygen atoms in total. The number of nitrogens with one attached hydrogen (secondary N) is 1. The number of aromatic nitrogens is 1. The molecular formula is C19H18N2O5S. The van der Waals surface area contributed by atoms with Gasteiger partial charge in [-0.05, 0) is 48.9 Å². The van der Waals surface area contributed by atoms with Gasteiger partial charge in [0, 0.05) is 6.20 Å². The van der Waals surface area contributed by atoms with Gasteiger partial charge < -0.3 is 9.15 Å². The molecule has 0 atom stereocenters. The molecule has 0 spiro atoms. The molecule has 0 fully saturated rings. The van der Waals surface area contributed by atoms with Gasteiger partial charge in [0.05, 0.1) is 29.0 Å². The van der Waals surface area contributed by atoms with Crippen LogP contribution < -0.4 is 4.72 Å². The quantitative estimate of drug-likeness (QED) is 0.627. The molecule has 0 aliphatic carbocycles. The summed E-state index contributed by atoms with van der Waals surface area (Å²) in [5.41, 5.74) is 1.41. The lowest BCUT2D eigenvalue weighted by Gasteiger charge is -2.10. The number of rotatable bonds is 7. The van der Waals surface area contributed by atoms with Gasteiger partial charge in [0.25, 0.3) is 0 Å². The minimum atomic E-state index is -3.81. The summed E-state index contributed by atoms with van der Waals surface area (Å²) in [6.45, 7) is 1.74. The van der Waals surface area contributed by atoms with Crippen molar-refractivity contribution in [2.24, 2.45) is 0 Å². The molecule has 2 aromatic heterocycles. The van der Waals surface area contributed by atoms with E-state index in [9.17, 15) is 13.2 Å². The molecule has 0 saturated carbocycles. The van der Waals surface area contributed by atoms with Crippen LogP contribution in [0, 0.1) is 6.92 Å². The number of pyridine rings is 1. The summed E-state index contributed by atoms with van der Waals surface area (Å²) in [6, 6.07) is 12.9. The number of nitrogens with zero attached hydrogens (tertiary/aromatic N) is 1. The lowest BCUT2D eigenvalue weighted by Crippen LogP contribution is -2.23. The third kappa shape index (κ3) is 4.81. The number of carbonyl (C=O) groups excluding carboxylic acids is 1. The van der Waals surface area contributed by atoms with Gasteiger partial charge in [-0.1, -0.05) is 12.1 Å². The van der Waals surface area contributed by atoms with Crippen molar-refractivity contribution >= 4 is 16.0 Å². The Morgan fingerprint density at radius 3 is 2.74 bits per heavy atom. The number of benzene rings is 1. The monoisotopic (exact) mass is 386 g/mol. The Hall–Kier alpha value is -2.97. The first-order valence-electron chi connectivity index (χ1n) is 8.15. The van der Waals surface area contributed by atoms with Crippen molar-refractivity contribution in [2.45, 2.75) is 25.0 Å². The SMILES string of the molecule is Cc1ccc(S(=O)(=O)NCc2ccco2)cc1C(=O)OCc1ccccn1. The lowest BCUT2D eigenvalue weighted by molar-refractivity contribution is 0.0466. The molecule has 2 heterocycles. The van der Waals surface area contributed by atoms with E-state index >= 15 is 0 Å². The summed E-state index contributed by atoms with van der Waals surface area (Å²) in [5.74, 6) is -0.123. The predicted molar refractivity (Wildman–Crippen MR) is 97.3 cm³/mol. The van der Waals surface area contributed by atoms with Crippen LogP contribution in [0.25, 0.3) is 0 Å². The van der Waals surface area contributed by atoms with E-state index in [0.29, 0.717) is 17.0 Å². The smallest absolute Gasteiger partial charge is 0.338 e. The topological polar surface area (TPSA) is 98.5 Å². The van der Waals surface area contributed by atoms with Crippen LogP contribution in [0.2, 0.25) is 0 Å². The number of hydrogen-bond acceptors (Lipinski definition) is 6. The Kier molecular flexibility index (Phi) is 5.68. The fourth-order valence-electron chi connectivity index (χ4n) is 2.35. The first kappa shape index (κ1) is 18.8. The zero-order valence-electron chi connectivity index (χ0n) is 14.6. The van der Waals surface area contributed by atoms with Crippen molar-refractivity contribution in [3.05, 3.63) is 83.6 Å². The third-order valence-electron chi connectivity index (χ3n) is 3.83. The van der Waals surface area contributed by atoms with Crippen molar-refractivity contribution in [1.29, 1.82) is 0 Å². The molecule has 3 aromatic rings. The van der Waals surface area contributed by atoms with E-state index in [1.54, 1.807) is 49.5 Å². The lowest BCUT2D eigenvalue weighted by atomic mass is 10.1. The number of ether oxygens (including phenoxy) is 1. The molecule has 1 aromatic carbocycles. The molecule has 8 heteroatoms. The summed E-state index contributed by atoms with van der Waals surface area (Å²) in [4.78, 5) is 16.4. The highest BCUT2D eigenvalue weighted by Gasteiger charge is 2.19. The number of sulfonamides is 1. The zero-order chi connectivity index (χ0) is 19.3. The van der Waals surface area contributed by atoms with Gasteiger partial charge in [0.1, 0.15) is 12.4 Å². The molecule has 27 heavy (non-hydrogen) atoms. The second-order valence-corrected chi connectivity index (χ2v) is 7.54. The van der Waals surface area contributed by atoms with Crippen molar-refractivity contribution in [3.63, 3.8) is 0 Å². The Morgan fingerprint density at radius 1 is 1.19 bits per heavy atom. The molecular weight excluding hydrogens is 368 g/mol. The maximum atomic E-state index is 12.5. The number of carbonyl (C=O) groups is 1. The number of furan rings is 1. The molecule has 1 N–H and O–H groups in total. The second kappa shape index (κ2) is 8.15. The minimum Gasteiger partial charge on any atom is -0.468 e. The van der Waals surface area contributed by atoms with Crippen LogP contribution in [0.4, 0.5) is 0 Å². The van der Waals surface area contributed by atoms with Crippen LogP contribution in [0.3, 0.4) is 0 Å². The highest BCUT2D eigenvalue weighted by molar-refractivity contribution is 7.89. The third-order valence-corrected chi connectivity index (χ3v) is 5.23. The highest BCUT2D eigenvalue weighted by Crippen LogP contribution is 2.17.